The molecule has 1 atom stereocenters. The lowest BCUT2D eigenvalue weighted by Gasteiger charge is -2.11. The Morgan fingerprint density at radius 1 is 1.38 bits per heavy atom. The molecule has 0 spiro atoms. The highest BCUT2D eigenvalue weighted by Gasteiger charge is 2.15. The number of carboxylic acid groups (broad SMARTS) is 1. The van der Waals surface area contributed by atoms with E-state index in [9.17, 15) is 14.7 Å². The fourth-order valence-corrected chi connectivity index (χ4v) is 1.25. The van der Waals surface area contributed by atoms with E-state index in [-0.39, 0.29) is 6.42 Å². The molecule has 0 radical (unpaired) electrons. The van der Waals surface area contributed by atoms with Crippen molar-refractivity contribution in [3.05, 3.63) is 29.8 Å². The first-order valence-corrected chi connectivity index (χ1v) is 4.56. The van der Waals surface area contributed by atoms with Crippen molar-refractivity contribution in [3.8, 4) is 0 Å². The van der Waals surface area contributed by atoms with Crippen LogP contribution in [0.4, 0.5) is 10.5 Å². The Hall–Kier alpha value is -2.08. The van der Waals surface area contributed by atoms with Crippen LogP contribution in [-0.4, -0.2) is 28.3 Å². The van der Waals surface area contributed by atoms with E-state index >= 15 is 0 Å². The maximum atomic E-state index is 10.7. The van der Waals surface area contributed by atoms with Crippen LogP contribution in [0.25, 0.3) is 0 Å². The van der Waals surface area contributed by atoms with Crippen molar-refractivity contribution in [1.29, 1.82) is 0 Å². The molecule has 2 amide bonds. The Bertz CT molecular complexity index is 406. The lowest BCUT2D eigenvalue weighted by molar-refractivity contribution is -0.146. The third-order valence-corrected chi connectivity index (χ3v) is 1.97. The molecule has 1 aromatic rings. The lowest BCUT2D eigenvalue weighted by Crippen LogP contribution is -2.24. The molecule has 86 valence electrons. The number of carbonyl (C=O) groups is 2. The van der Waals surface area contributed by atoms with Crippen molar-refractivity contribution < 1.29 is 19.8 Å². The first-order chi connectivity index (χ1) is 7.50. The zero-order valence-corrected chi connectivity index (χ0v) is 8.38. The van der Waals surface area contributed by atoms with E-state index in [1.807, 2.05) is 0 Å². The first kappa shape index (κ1) is 12.0. The minimum Gasteiger partial charge on any atom is -0.479 e. The number of aliphatic hydroxyl groups is 1. The molecule has 1 aromatic carbocycles. The molecule has 0 aliphatic heterocycles. The smallest absolute Gasteiger partial charge is 0.332 e. The number of hydrogen-bond acceptors (Lipinski definition) is 3. The zero-order chi connectivity index (χ0) is 12.1. The number of para-hydroxylation sites is 1. The minimum atomic E-state index is -1.50. The summed E-state index contributed by atoms with van der Waals surface area (Å²) in [5.74, 6) is -1.31. The monoisotopic (exact) mass is 224 g/mol. The van der Waals surface area contributed by atoms with Crippen LogP contribution in [0.15, 0.2) is 24.3 Å². The number of hydrogen-bond donors (Lipinski definition) is 4. The summed E-state index contributed by atoms with van der Waals surface area (Å²) in [6.07, 6.45) is -1.60. The molecule has 1 unspecified atom stereocenters. The van der Waals surface area contributed by atoms with Crippen LogP contribution in [0.3, 0.4) is 0 Å². The first-order valence-electron chi connectivity index (χ1n) is 4.56. The van der Waals surface area contributed by atoms with Gasteiger partial charge in [-0.05, 0) is 11.6 Å². The molecule has 0 aliphatic carbocycles. The van der Waals surface area contributed by atoms with Crippen LogP contribution in [-0.2, 0) is 11.2 Å². The Morgan fingerprint density at radius 2 is 2.00 bits per heavy atom. The molecular weight excluding hydrogens is 212 g/mol. The lowest BCUT2D eigenvalue weighted by atomic mass is 10.1. The number of aliphatic carboxylic acids is 1. The second-order valence-corrected chi connectivity index (χ2v) is 3.20. The summed E-state index contributed by atoms with van der Waals surface area (Å²) in [4.78, 5) is 21.1. The third-order valence-electron chi connectivity index (χ3n) is 1.97. The largest absolute Gasteiger partial charge is 0.479 e. The van der Waals surface area contributed by atoms with Crippen molar-refractivity contribution >= 4 is 17.7 Å². The molecular formula is C10H12N2O4. The highest BCUT2D eigenvalue weighted by molar-refractivity contribution is 5.88. The van der Waals surface area contributed by atoms with Gasteiger partial charge in [0.15, 0.2) is 6.10 Å². The molecule has 0 heterocycles. The van der Waals surface area contributed by atoms with Gasteiger partial charge in [-0.1, -0.05) is 18.2 Å². The molecule has 5 N–H and O–H groups in total. The maximum Gasteiger partial charge on any atom is 0.332 e. The molecule has 16 heavy (non-hydrogen) atoms. The third kappa shape index (κ3) is 3.25. The van der Waals surface area contributed by atoms with Crippen LogP contribution in [0, 0.1) is 0 Å². The molecule has 0 saturated heterocycles. The quantitative estimate of drug-likeness (QED) is 0.583. The van der Waals surface area contributed by atoms with Crippen molar-refractivity contribution in [2.75, 3.05) is 5.32 Å². The summed E-state index contributed by atoms with van der Waals surface area (Å²) in [5, 5.41) is 20.1. The van der Waals surface area contributed by atoms with Gasteiger partial charge in [-0.3, -0.25) is 0 Å². The van der Waals surface area contributed by atoms with E-state index < -0.39 is 18.1 Å². The standard InChI is InChI=1S/C10H12N2O4/c11-10(16)12-7-4-2-1-3-6(7)5-8(13)9(14)15/h1-4,8,13H,5H2,(H,14,15)(H3,11,12,16). The topological polar surface area (TPSA) is 113 Å². The van der Waals surface area contributed by atoms with Crippen molar-refractivity contribution in [3.63, 3.8) is 0 Å². The number of nitrogens with two attached hydrogens (primary N) is 1. The highest BCUT2D eigenvalue weighted by Crippen LogP contribution is 2.16. The number of primary amides is 1. The fraction of sp³-hybridized carbons (Fsp3) is 0.200. The van der Waals surface area contributed by atoms with Crippen LogP contribution in [0.2, 0.25) is 0 Å². The Kier molecular flexibility index (Phi) is 3.84. The predicted octanol–water partition coefficient (Wildman–Crippen LogP) is 0.165. The summed E-state index contributed by atoms with van der Waals surface area (Å²) in [7, 11) is 0. The van der Waals surface area contributed by atoms with Gasteiger partial charge in [0.2, 0.25) is 0 Å². The number of urea groups is 1. The summed E-state index contributed by atoms with van der Waals surface area (Å²) in [5.41, 5.74) is 5.86. The fourth-order valence-electron chi connectivity index (χ4n) is 1.25. The van der Waals surface area contributed by atoms with E-state index in [0.29, 0.717) is 11.3 Å². The number of carbonyl (C=O) groups excluding carboxylic acids is 1. The highest BCUT2D eigenvalue weighted by atomic mass is 16.4. The molecule has 6 heteroatoms. The van der Waals surface area contributed by atoms with Gasteiger partial charge in [0.1, 0.15) is 0 Å². The predicted molar refractivity (Wildman–Crippen MR) is 57.0 cm³/mol. The van der Waals surface area contributed by atoms with Gasteiger partial charge in [-0.25, -0.2) is 9.59 Å². The molecule has 6 nitrogen and oxygen atoms in total. The van der Waals surface area contributed by atoms with E-state index in [2.05, 4.69) is 5.32 Å². The molecule has 0 aliphatic rings. The summed E-state index contributed by atoms with van der Waals surface area (Å²) < 4.78 is 0. The normalized spacial score (nSPS) is 11.8. The number of anilines is 1. The van der Waals surface area contributed by atoms with Gasteiger partial charge in [-0.15, -0.1) is 0 Å². The minimum absolute atomic E-state index is 0.0915. The summed E-state index contributed by atoms with van der Waals surface area (Å²) in [6, 6.07) is 5.79. The molecule has 0 bridgehead atoms. The summed E-state index contributed by atoms with van der Waals surface area (Å²) in [6.45, 7) is 0. The van der Waals surface area contributed by atoms with Gasteiger partial charge in [0, 0.05) is 12.1 Å². The number of benzene rings is 1. The Morgan fingerprint density at radius 3 is 2.56 bits per heavy atom. The average Bonchev–Trinajstić information content (AvgIpc) is 2.20. The second-order valence-electron chi connectivity index (χ2n) is 3.20. The van der Waals surface area contributed by atoms with E-state index in [4.69, 9.17) is 10.8 Å². The van der Waals surface area contributed by atoms with E-state index in [1.165, 1.54) is 0 Å². The maximum absolute atomic E-state index is 10.7. The average molecular weight is 224 g/mol. The molecule has 0 saturated carbocycles. The number of rotatable bonds is 4. The van der Waals surface area contributed by atoms with Crippen molar-refractivity contribution in [1.82, 2.24) is 0 Å². The van der Waals surface area contributed by atoms with Crippen LogP contribution < -0.4 is 11.1 Å². The Labute approximate surface area is 91.7 Å². The van der Waals surface area contributed by atoms with Gasteiger partial charge in [0.05, 0.1) is 0 Å². The van der Waals surface area contributed by atoms with Crippen molar-refractivity contribution in [2.45, 2.75) is 12.5 Å². The Balaban J connectivity index is 2.86. The van der Waals surface area contributed by atoms with E-state index in [0.717, 1.165) is 0 Å². The van der Waals surface area contributed by atoms with Crippen molar-refractivity contribution in [2.24, 2.45) is 5.73 Å². The van der Waals surface area contributed by atoms with Crippen LogP contribution >= 0.6 is 0 Å². The van der Waals surface area contributed by atoms with Crippen LogP contribution in [0.1, 0.15) is 5.56 Å². The van der Waals surface area contributed by atoms with Gasteiger partial charge in [-0.2, -0.15) is 0 Å². The second kappa shape index (κ2) is 5.13. The zero-order valence-electron chi connectivity index (χ0n) is 8.38. The SMILES string of the molecule is NC(=O)Nc1ccccc1CC(O)C(=O)O. The van der Waals surface area contributed by atoms with Gasteiger partial charge >= 0.3 is 12.0 Å². The van der Waals surface area contributed by atoms with Gasteiger partial charge < -0.3 is 21.3 Å². The molecule has 0 fully saturated rings. The number of aliphatic hydroxyl groups excluding tert-OH is 1. The molecule has 1 rings (SSSR count). The summed E-state index contributed by atoms with van der Waals surface area (Å²) >= 11 is 0. The van der Waals surface area contributed by atoms with Gasteiger partial charge in [0.25, 0.3) is 0 Å². The number of carboxylic acids is 1. The van der Waals surface area contributed by atoms with E-state index in [1.54, 1.807) is 24.3 Å². The van der Waals surface area contributed by atoms with Crippen LogP contribution in [0.5, 0.6) is 0 Å². The molecule has 0 aromatic heterocycles. The number of nitrogens with one attached hydrogen (secondary N) is 1. The number of amides is 2.